The van der Waals surface area contributed by atoms with Crippen molar-refractivity contribution < 1.29 is 19.1 Å². The van der Waals surface area contributed by atoms with Crippen molar-refractivity contribution in [2.75, 3.05) is 32.0 Å². The number of nitrogens with one attached hydrogen (secondary N) is 2. The molecule has 0 unspecified atom stereocenters. The van der Waals surface area contributed by atoms with Gasteiger partial charge in [-0.15, -0.1) is 11.3 Å². The molecule has 2 amide bonds. The van der Waals surface area contributed by atoms with Crippen molar-refractivity contribution in [1.82, 2.24) is 20.0 Å². The van der Waals surface area contributed by atoms with Gasteiger partial charge in [-0.25, -0.2) is 4.79 Å². The Bertz CT molecular complexity index is 1550. The van der Waals surface area contributed by atoms with Crippen LogP contribution in [0.4, 0.5) is 9.80 Å². The Kier molecular flexibility index (Phi) is 7.99. The number of carbonyl (C=O) groups excluding carboxylic acids is 3. The van der Waals surface area contributed by atoms with Crippen molar-refractivity contribution in [2.24, 2.45) is 7.05 Å². The van der Waals surface area contributed by atoms with Gasteiger partial charge in [0.05, 0.1) is 23.7 Å². The van der Waals surface area contributed by atoms with Gasteiger partial charge in [0.2, 0.25) is 0 Å². The second kappa shape index (κ2) is 11.6. The number of likely N-dealkylation sites (tertiary alicyclic amines) is 1. The average molecular weight is 560 g/mol. The minimum Gasteiger partial charge on any atom is -0.486 e. The highest BCUT2D eigenvalue weighted by atomic mass is 32.1. The summed E-state index contributed by atoms with van der Waals surface area (Å²) in [5.74, 6) is 0.931. The number of rotatable bonds is 4. The fourth-order valence-corrected chi connectivity index (χ4v) is 6.20. The third kappa shape index (κ3) is 5.78. The van der Waals surface area contributed by atoms with Crippen LogP contribution >= 0.6 is 11.3 Å². The van der Waals surface area contributed by atoms with Gasteiger partial charge in [0.1, 0.15) is 16.4 Å². The zero-order valence-corrected chi connectivity index (χ0v) is 23.7. The molecule has 1 spiro atoms. The Morgan fingerprint density at radius 3 is 2.62 bits per heavy atom. The number of Topliss-reactive ketones (excluding diaryl/α,β-unsaturated/α-hetero) is 1. The third-order valence-corrected chi connectivity index (χ3v) is 8.44. The number of anilines is 1. The first-order chi connectivity index (χ1) is 19.3. The van der Waals surface area contributed by atoms with Gasteiger partial charge in [-0.1, -0.05) is 24.3 Å². The predicted molar refractivity (Wildman–Crippen MR) is 158 cm³/mol. The molecular formula is C30H33N5O4S. The van der Waals surface area contributed by atoms with Crippen molar-refractivity contribution in [3.05, 3.63) is 66.0 Å². The van der Waals surface area contributed by atoms with E-state index in [-0.39, 0.29) is 17.4 Å². The fraction of sp³-hybridized carbons (Fsp3) is 0.333. The Balaban J connectivity index is 0.000000170. The van der Waals surface area contributed by atoms with Gasteiger partial charge in [0.25, 0.3) is 0 Å². The monoisotopic (exact) mass is 559 g/mol. The van der Waals surface area contributed by atoms with Gasteiger partial charge in [0, 0.05) is 61.4 Å². The molecule has 10 heteroatoms. The van der Waals surface area contributed by atoms with Crippen LogP contribution in [0.15, 0.2) is 54.9 Å². The highest BCUT2D eigenvalue weighted by Gasteiger charge is 2.42. The number of aldehydes is 1. The van der Waals surface area contributed by atoms with Gasteiger partial charge in [-0.2, -0.15) is 5.10 Å². The minimum atomic E-state index is -0.299. The van der Waals surface area contributed by atoms with Crippen molar-refractivity contribution in [3.63, 3.8) is 0 Å². The number of ketones is 1. The third-order valence-electron chi connectivity index (χ3n) is 7.34. The number of carbonyl (C=O) groups is 3. The number of piperidine rings is 1. The van der Waals surface area contributed by atoms with Crippen LogP contribution in [0.25, 0.3) is 21.2 Å². The van der Waals surface area contributed by atoms with Gasteiger partial charge >= 0.3 is 6.03 Å². The van der Waals surface area contributed by atoms with E-state index in [0.29, 0.717) is 29.1 Å². The van der Waals surface area contributed by atoms with Gasteiger partial charge < -0.3 is 15.0 Å². The van der Waals surface area contributed by atoms with Crippen LogP contribution in [0.5, 0.6) is 5.75 Å². The molecule has 9 nitrogen and oxygen atoms in total. The maximum atomic E-state index is 12.7. The van der Waals surface area contributed by atoms with Crippen molar-refractivity contribution in [1.29, 1.82) is 0 Å². The van der Waals surface area contributed by atoms with Crippen molar-refractivity contribution in [2.45, 2.75) is 31.8 Å². The molecule has 2 aliphatic heterocycles. The zero-order valence-electron chi connectivity index (χ0n) is 22.9. The number of nitrogens with zero attached hydrogens (tertiary/aromatic N) is 3. The second-order valence-electron chi connectivity index (χ2n) is 10.2. The molecule has 2 aliphatic rings. The molecule has 1 fully saturated rings. The largest absolute Gasteiger partial charge is 0.486 e. The number of hydrogen-bond acceptors (Lipinski definition) is 7. The quantitative estimate of drug-likeness (QED) is 0.326. The number of fused-ring (bicyclic) bond motifs is 2. The molecule has 0 atom stereocenters. The number of amides is 2. The molecule has 2 aromatic carbocycles. The van der Waals surface area contributed by atoms with Gasteiger partial charge in [-0.3, -0.25) is 19.6 Å². The van der Waals surface area contributed by atoms with E-state index in [9.17, 15) is 14.4 Å². The first-order valence-electron chi connectivity index (χ1n) is 13.4. The van der Waals surface area contributed by atoms with Crippen LogP contribution in [-0.4, -0.2) is 65.1 Å². The molecule has 0 bridgehead atoms. The molecule has 0 saturated carbocycles. The fourth-order valence-electron chi connectivity index (χ4n) is 5.13. The maximum absolute atomic E-state index is 12.7. The smallest absolute Gasteiger partial charge is 0.319 e. The lowest BCUT2D eigenvalue weighted by Crippen LogP contribution is -2.50. The molecule has 4 aromatic rings. The Hall–Kier alpha value is -4.02. The summed E-state index contributed by atoms with van der Waals surface area (Å²) in [5, 5.41) is 11.0. The maximum Gasteiger partial charge on any atom is 0.319 e. The van der Waals surface area contributed by atoms with E-state index in [1.807, 2.05) is 68.8 Å². The summed E-state index contributed by atoms with van der Waals surface area (Å²) < 4.78 is 9.06. The number of benzene rings is 2. The van der Waals surface area contributed by atoms with Gasteiger partial charge in [-0.05, 0) is 37.7 Å². The SMILES string of the molecule is CCNC(=O)Nc1sc2ccccc2c1C=O.CN1CCC2(CC1)CC(=O)c1cc(-c3cnn(C)c3)ccc1O2. The molecule has 40 heavy (non-hydrogen) atoms. The second-order valence-corrected chi connectivity index (χ2v) is 11.3. The Labute approximate surface area is 237 Å². The van der Waals surface area contributed by atoms with Crippen LogP contribution in [0, 0.1) is 0 Å². The van der Waals surface area contributed by atoms with Gasteiger partial charge in [0.15, 0.2) is 12.1 Å². The summed E-state index contributed by atoms with van der Waals surface area (Å²) in [6, 6.07) is 13.2. The van der Waals surface area contributed by atoms with Crippen LogP contribution in [0.2, 0.25) is 0 Å². The van der Waals surface area contributed by atoms with E-state index in [1.165, 1.54) is 11.3 Å². The molecule has 0 radical (unpaired) electrons. The number of hydrogen-bond donors (Lipinski definition) is 2. The van der Waals surface area contributed by atoms with Crippen LogP contribution < -0.4 is 15.4 Å². The molecule has 6 rings (SSSR count). The number of urea groups is 1. The predicted octanol–water partition coefficient (Wildman–Crippen LogP) is 5.37. The van der Waals surface area contributed by atoms with E-state index in [2.05, 4.69) is 27.7 Å². The highest BCUT2D eigenvalue weighted by molar-refractivity contribution is 7.23. The van der Waals surface area contributed by atoms with E-state index >= 15 is 0 Å². The van der Waals surface area contributed by atoms with Crippen LogP contribution in [-0.2, 0) is 7.05 Å². The number of aromatic nitrogens is 2. The number of ether oxygens (including phenoxy) is 1. The number of aryl methyl sites for hydroxylation is 1. The molecule has 2 aromatic heterocycles. The first-order valence-corrected chi connectivity index (χ1v) is 14.2. The summed E-state index contributed by atoms with van der Waals surface area (Å²) in [4.78, 5) is 37.5. The van der Waals surface area contributed by atoms with E-state index in [4.69, 9.17) is 4.74 Å². The molecule has 4 heterocycles. The van der Waals surface area contributed by atoms with E-state index in [1.54, 1.807) is 4.68 Å². The summed E-state index contributed by atoms with van der Waals surface area (Å²) >= 11 is 1.40. The summed E-state index contributed by atoms with van der Waals surface area (Å²) in [5.41, 5.74) is 2.97. The zero-order chi connectivity index (χ0) is 28.3. The summed E-state index contributed by atoms with van der Waals surface area (Å²) in [7, 11) is 4.01. The first kappa shape index (κ1) is 27.5. The molecule has 208 valence electrons. The lowest BCUT2D eigenvalue weighted by atomic mass is 9.82. The Morgan fingerprint density at radius 1 is 1.15 bits per heavy atom. The minimum absolute atomic E-state index is 0.196. The Morgan fingerprint density at radius 2 is 1.93 bits per heavy atom. The topological polar surface area (TPSA) is 106 Å². The van der Waals surface area contributed by atoms with E-state index in [0.717, 1.165) is 59.2 Å². The average Bonchev–Trinajstić information content (AvgIpc) is 3.53. The molecule has 2 N–H and O–H groups in total. The van der Waals surface area contributed by atoms with E-state index < -0.39 is 0 Å². The van der Waals surface area contributed by atoms with Crippen molar-refractivity contribution in [3.8, 4) is 16.9 Å². The molecule has 1 saturated heterocycles. The van der Waals surface area contributed by atoms with Crippen LogP contribution in [0.3, 0.4) is 0 Å². The standard InChI is InChI=1S/C18H21N3O2.C12H12N2O2S/c1-20-7-5-18(6-8-20)10-16(22)15-9-13(3-4-17(15)23-18)14-11-19-21(2)12-14;1-2-13-12(16)14-11-9(7-15)8-5-3-4-6-10(8)17-11/h3-4,9,11-12H,5-8,10H2,1-2H3;3-7H,2H2,1H3,(H2,13,14,16). The lowest BCUT2D eigenvalue weighted by molar-refractivity contribution is -0.00366. The van der Waals surface area contributed by atoms with Crippen LogP contribution in [0.1, 0.15) is 46.9 Å². The number of thiophene rings is 1. The molecule has 0 aliphatic carbocycles. The molecular weight excluding hydrogens is 526 g/mol. The van der Waals surface area contributed by atoms with Crippen molar-refractivity contribution >= 4 is 44.5 Å². The lowest BCUT2D eigenvalue weighted by Gasteiger charge is -2.43. The highest BCUT2D eigenvalue weighted by Crippen LogP contribution is 2.40. The summed E-state index contributed by atoms with van der Waals surface area (Å²) in [6.07, 6.45) is 6.87. The normalized spacial score (nSPS) is 16.0. The summed E-state index contributed by atoms with van der Waals surface area (Å²) in [6.45, 7) is 4.35.